The molecule has 0 radical (unpaired) electrons. The Morgan fingerprint density at radius 2 is 1.75 bits per heavy atom. The predicted octanol–water partition coefficient (Wildman–Crippen LogP) is 2.22. The van der Waals surface area contributed by atoms with Crippen molar-refractivity contribution in [3.05, 3.63) is 86.6 Å². The van der Waals surface area contributed by atoms with E-state index in [2.05, 4.69) is 5.10 Å². The van der Waals surface area contributed by atoms with E-state index in [0.717, 1.165) is 4.68 Å². The van der Waals surface area contributed by atoms with Crippen molar-refractivity contribution in [1.82, 2.24) is 18.9 Å². The third-order valence-electron chi connectivity index (χ3n) is 5.34. The zero-order valence-corrected chi connectivity index (χ0v) is 17.9. The molecule has 0 aliphatic rings. The second kappa shape index (κ2) is 7.85. The maximum atomic E-state index is 14.1. The third-order valence-corrected chi connectivity index (χ3v) is 5.34. The molecule has 2 N–H and O–H groups in total. The topological polar surface area (TPSA) is 102 Å². The molecule has 0 spiro atoms. The van der Waals surface area contributed by atoms with Crippen molar-refractivity contribution in [2.75, 3.05) is 0 Å². The number of nitrogens with zero attached hydrogens (tertiary/aromatic N) is 4. The van der Waals surface area contributed by atoms with Crippen molar-refractivity contribution in [3.63, 3.8) is 0 Å². The average molecular weight is 438 g/mol. The molecule has 4 aromatic rings. The van der Waals surface area contributed by atoms with Gasteiger partial charge in [-0.15, -0.1) is 5.10 Å². The highest BCUT2D eigenvalue weighted by molar-refractivity contribution is 5.88. The van der Waals surface area contributed by atoms with Crippen LogP contribution in [0.15, 0.2) is 58.1 Å². The van der Waals surface area contributed by atoms with Gasteiger partial charge in [-0.05, 0) is 50.4 Å². The number of halogens is 1. The molecule has 0 aliphatic carbocycles. The van der Waals surface area contributed by atoms with Gasteiger partial charge in [0.25, 0.3) is 5.56 Å². The first-order valence-electron chi connectivity index (χ1n) is 10.2. The van der Waals surface area contributed by atoms with E-state index in [1.165, 1.54) is 47.2 Å². The molecule has 0 bridgehead atoms. The molecule has 0 saturated heterocycles. The summed E-state index contributed by atoms with van der Waals surface area (Å²) in [6.45, 7) is 4.54. The SMILES string of the molecule is CCn1c(CO)nn(-c2c(C(C)(C)O)c3ccccc3c(=O)n2-c2cccc(F)c2)c1=O. The molecule has 0 atom stereocenters. The number of pyridine rings is 1. The zero-order valence-electron chi connectivity index (χ0n) is 17.9. The van der Waals surface area contributed by atoms with E-state index in [4.69, 9.17) is 0 Å². The molecule has 2 aromatic heterocycles. The lowest BCUT2D eigenvalue weighted by atomic mass is 9.93. The molecule has 166 valence electrons. The smallest absolute Gasteiger partial charge is 0.352 e. The van der Waals surface area contributed by atoms with Gasteiger partial charge in [0.1, 0.15) is 12.4 Å². The highest BCUT2D eigenvalue weighted by atomic mass is 19.1. The Bertz CT molecular complexity index is 1440. The number of hydrogen-bond acceptors (Lipinski definition) is 5. The number of aromatic nitrogens is 4. The van der Waals surface area contributed by atoms with Crippen molar-refractivity contribution in [2.24, 2.45) is 0 Å². The molecular weight excluding hydrogens is 415 g/mol. The zero-order chi connectivity index (χ0) is 23.2. The summed E-state index contributed by atoms with van der Waals surface area (Å²) in [4.78, 5) is 26.9. The molecule has 2 heterocycles. The number of benzene rings is 2. The highest BCUT2D eigenvalue weighted by Gasteiger charge is 2.31. The van der Waals surface area contributed by atoms with Gasteiger partial charge in [-0.1, -0.05) is 24.3 Å². The van der Waals surface area contributed by atoms with Gasteiger partial charge < -0.3 is 10.2 Å². The lowest BCUT2D eigenvalue weighted by molar-refractivity contribution is 0.0793. The molecule has 0 amide bonds. The number of aliphatic hydroxyl groups is 2. The molecule has 0 fully saturated rings. The minimum atomic E-state index is -1.51. The van der Waals surface area contributed by atoms with E-state index in [-0.39, 0.29) is 29.4 Å². The van der Waals surface area contributed by atoms with Crippen LogP contribution in [-0.4, -0.2) is 29.1 Å². The van der Waals surface area contributed by atoms with Crippen molar-refractivity contribution in [1.29, 1.82) is 0 Å². The summed E-state index contributed by atoms with van der Waals surface area (Å²) < 4.78 is 17.6. The van der Waals surface area contributed by atoms with Crippen molar-refractivity contribution in [2.45, 2.75) is 39.5 Å². The van der Waals surface area contributed by atoms with Crippen LogP contribution in [0.5, 0.6) is 0 Å². The van der Waals surface area contributed by atoms with Crippen LogP contribution in [0.2, 0.25) is 0 Å². The second-order valence-corrected chi connectivity index (χ2v) is 7.94. The minimum absolute atomic E-state index is 0.0151. The fraction of sp³-hybridized carbons (Fsp3) is 0.261. The Hall–Kier alpha value is -3.56. The Morgan fingerprint density at radius 3 is 2.31 bits per heavy atom. The summed E-state index contributed by atoms with van der Waals surface area (Å²) in [6, 6.07) is 12.1. The minimum Gasteiger partial charge on any atom is -0.388 e. The molecule has 4 rings (SSSR count). The quantitative estimate of drug-likeness (QED) is 0.498. The van der Waals surface area contributed by atoms with Crippen LogP contribution in [0.3, 0.4) is 0 Å². The van der Waals surface area contributed by atoms with Crippen LogP contribution >= 0.6 is 0 Å². The maximum absolute atomic E-state index is 14.1. The van der Waals surface area contributed by atoms with Gasteiger partial charge in [0, 0.05) is 17.5 Å². The van der Waals surface area contributed by atoms with Crippen LogP contribution in [-0.2, 0) is 18.8 Å². The molecule has 2 aromatic carbocycles. The van der Waals surface area contributed by atoms with Gasteiger partial charge in [-0.2, -0.15) is 4.68 Å². The summed E-state index contributed by atoms with van der Waals surface area (Å²) in [5.74, 6) is -0.481. The predicted molar refractivity (Wildman–Crippen MR) is 118 cm³/mol. The van der Waals surface area contributed by atoms with Gasteiger partial charge in [0.05, 0.1) is 11.3 Å². The van der Waals surface area contributed by atoms with Crippen LogP contribution in [0, 0.1) is 5.82 Å². The van der Waals surface area contributed by atoms with Gasteiger partial charge in [-0.3, -0.25) is 13.9 Å². The van der Waals surface area contributed by atoms with E-state index in [1.807, 2.05) is 0 Å². The summed E-state index contributed by atoms with van der Waals surface area (Å²) >= 11 is 0. The fourth-order valence-corrected chi connectivity index (χ4v) is 4.00. The first-order valence-corrected chi connectivity index (χ1v) is 10.2. The first-order chi connectivity index (χ1) is 15.2. The molecule has 0 saturated carbocycles. The number of fused-ring (bicyclic) bond motifs is 1. The van der Waals surface area contributed by atoms with E-state index in [1.54, 1.807) is 31.2 Å². The third kappa shape index (κ3) is 3.35. The maximum Gasteiger partial charge on any atom is 0.352 e. The summed E-state index contributed by atoms with van der Waals surface area (Å²) in [6.07, 6.45) is 0. The molecule has 32 heavy (non-hydrogen) atoms. The lowest BCUT2D eigenvalue weighted by Gasteiger charge is -2.26. The average Bonchev–Trinajstić information content (AvgIpc) is 3.07. The molecular formula is C23H23FN4O4. The Labute approximate surface area is 182 Å². The Morgan fingerprint density at radius 1 is 1.06 bits per heavy atom. The number of rotatable bonds is 5. The normalized spacial score (nSPS) is 11.9. The van der Waals surface area contributed by atoms with Crippen molar-refractivity contribution < 1.29 is 14.6 Å². The van der Waals surface area contributed by atoms with Crippen molar-refractivity contribution >= 4 is 10.8 Å². The van der Waals surface area contributed by atoms with Gasteiger partial charge >= 0.3 is 5.69 Å². The molecule has 0 unspecified atom stereocenters. The number of aliphatic hydroxyl groups excluding tert-OH is 1. The van der Waals surface area contributed by atoms with Crippen LogP contribution in [0.25, 0.3) is 22.3 Å². The summed E-state index contributed by atoms with van der Waals surface area (Å²) in [7, 11) is 0. The van der Waals surface area contributed by atoms with E-state index < -0.39 is 29.3 Å². The Kier molecular flexibility index (Phi) is 5.31. The van der Waals surface area contributed by atoms with Gasteiger partial charge in [-0.25, -0.2) is 9.18 Å². The monoisotopic (exact) mass is 438 g/mol. The Balaban J connectivity index is 2.31. The van der Waals surface area contributed by atoms with Gasteiger partial charge in [0.15, 0.2) is 11.6 Å². The molecule has 8 nitrogen and oxygen atoms in total. The first kappa shape index (κ1) is 21.7. The van der Waals surface area contributed by atoms with Gasteiger partial charge in [0.2, 0.25) is 0 Å². The highest BCUT2D eigenvalue weighted by Crippen LogP contribution is 2.33. The summed E-state index contributed by atoms with van der Waals surface area (Å²) in [5.41, 5.74) is -2.17. The van der Waals surface area contributed by atoms with Crippen molar-refractivity contribution in [3.8, 4) is 11.5 Å². The molecule has 9 heteroatoms. The lowest BCUT2D eigenvalue weighted by Crippen LogP contribution is -2.34. The van der Waals surface area contributed by atoms with E-state index >= 15 is 0 Å². The summed E-state index contributed by atoms with van der Waals surface area (Å²) in [5, 5.41) is 25.8. The van der Waals surface area contributed by atoms with Crippen LogP contribution in [0.4, 0.5) is 4.39 Å². The second-order valence-electron chi connectivity index (χ2n) is 7.94. The largest absolute Gasteiger partial charge is 0.388 e. The van der Waals surface area contributed by atoms with E-state index in [9.17, 15) is 24.2 Å². The van der Waals surface area contributed by atoms with Crippen LogP contribution < -0.4 is 11.2 Å². The molecule has 0 aliphatic heterocycles. The standard InChI is InChI=1S/C23H23FN4O4/c1-4-26-18(13-29)25-28(22(26)31)20-19(23(2,3)32)16-10-5-6-11-17(16)21(30)27(20)15-9-7-8-14(24)12-15/h5-12,29,32H,4,13H2,1-3H3. The van der Waals surface area contributed by atoms with E-state index in [0.29, 0.717) is 10.8 Å². The number of hydrogen-bond donors (Lipinski definition) is 2. The van der Waals surface area contributed by atoms with Crippen LogP contribution in [0.1, 0.15) is 32.2 Å². The fourth-order valence-electron chi connectivity index (χ4n) is 4.00.